The first-order valence-electron chi connectivity index (χ1n) is 14.5. The Morgan fingerprint density at radius 2 is 2.02 bits per heavy atom. The van der Waals surface area contributed by atoms with E-state index in [0.717, 1.165) is 17.4 Å². The Hall–Kier alpha value is -3.98. The quantitative estimate of drug-likeness (QED) is 0.280. The van der Waals surface area contributed by atoms with E-state index in [1.807, 2.05) is 11.9 Å². The van der Waals surface area contributed by atoms with Gasteiger partial charge in [-0.25, -0.2) is 4.39 Å². The number of piperidine rings is 1. The number of nitrogens with one attached hydrogen (secondary N) is 2. The number of amides is 1. The van der Waals surface area contributed by atoms with E-state index in [0.29, 0.717) is 48.3 Å². The summed E-state index contributed by atoms with van der Waals surface area (Å²) in [7, 11) is 1.85. The van der Waals surface area contributed by atoms with Crippen molar-refractivity contribution in [1.82, 2.24) is 34.7 Å². The zero-order valence-electron chi connectivity index (χ0n) is 24.4. The largest absolute Gasteiger partial charge is 0.406 e. The zero-order chi connectivity index (χ0) is 31.1. The minimum absolute atomic E-state index is 0.0193. The number of benzene rings is 1. The molecular weight excluding hydrogens is 584 g/mol. The normalized spacial score (nSPS) is 21.0. The minimum Gasteiger partial charge on any atom is -0.381 e. The number of hydrogen-bond donors (Lipinski definition) is 2. The Morgan fingerprint density at radius 1 is 1.23 bits per heavy atom. The molecule has 3 aromatic heterocycles. The average molecular weight is 619 g/mol. The highest BCUT2D eigenvalue weighted by molar-refractivity contribution is 5.96. The first kappa shape index (κ1) is 30.1. The van der Waals surface area contributed by atoms with Crippen LogP contribution in [0.3, 0.4) is 0 Å². The second-order valence-corrected chi connectivity index (χ2v) is 11.8. The van der Waals surface area contributed by atoms with Gasteiger partial charge in [-0.3, -0.25) is 9.48 Å². The maximum absolute atomic E-state index is 14.8. The van der Waals surface area contributed by atoms with E-state index in [1.165, 1.54) is 6.20 Å². The second kappa shape index (κ2) is 11.8. The van der Waals surface area contributed by atoms with Crippen molar-refractivity contribution in [3.63, 3.8) is 0 Å². The summed E-state index contributed by atoms with van der Waals surface area (Å²) in [6.45, 7) is 2.85. The van der Waals surface area contributed by atoms with Gasteiger partial charge in [0.15, 0.2) is 0 Å². The Morgan fingerprint density at radius 3 is 2.77 bits per heavy atom. The third kappa shape index (κ3) is 6.29. The lowest BCUT2D eigenvalue weighted by Crippen LogP contribution is -2.46. The lowest BCUT2D eigenvalue weighted by molar-refractivity contribution is -0.139. The highest BCUT2D eigenvalue weighted by Crippen LogP contribution is 2.35. The number of aromatic nitrogens is 5. The third-order valence-corrected chi connectivity index (χ3v) is 8.43. The topological polar surface area (TPSA) is 115 Å². The third-order valence-electron chi connectivity index (χ3n) is 8.43. The maximum Gasteiger partial charge on any atom is 0.406 e. The Kier molecular flexibility index (Phi) is 8.09. The number of alkyl halides is 4. The number of carbonyl (C=O) groups excluding carboxylic acids is 1. The molecule has 15 heteroatoms. The fraction of sp³-hybridized carbons (Fsp3) is 0.517. The van der Waals surface area contributed by atoms with Gasteiger partial charge in [0.05, 0.1) is 41.1 Å². The summed E-state index contributed by atoms with van der Waals surface area (Å²) in [4.78, 5) is 19.0. The smallest absolute Gasteiger partial charge is 0.381 e. The van der Waals surface area contributed by atoms with Crippen LogP contribution < -0.4 is 10.6 Å². The van der Waals surface area contributed by atoms with Gasteiger partial charge in [-0.05, 0) is 51.4 Å². The van der Waals surface area contributed by atoms with Gasteiger partial charge in [0.25, 0.3) is 5.91 Å². The number of halogens is 4. The van der Waals surface area contributed by atoms with Crippen molar-refractivity contribution in [2.45, 2.75) is 63.2 Å². The van der Waals surface area contributed by atoms with Gasteiger partial charge < -0.3 is 29.4 Å². The highest BCUT2D eigenvalue weighted by atomic mass is 19.4. The van der Waals surface area contributed by atoms with E-state index in [-0.39, 0.29) is 36.0 Å². The summed E-state index contributed by atoms with van der Waals surface area (Å²) in [6.07, 6.45) is -0.399. The monoisotopic (exact) mass is 618 g/mol. The molecule has 4 aromatic rings. The molecule has 0 spiro atoms. The maximum atomic E-state index is 14.8. The average Bonchev–Trinajstić information content (AvgIpc) is 3.73. The lowest BCUT2D eigenvalue weighted by atomic mass is 9.93. The molecule has 0 aliphatic carbocycles. The van der Waals surface area contributed by atoms with E-state index >= 15 is 0 Å². The molecule has 6 rings (SSSR count). The van der Waals surface area contributed by atoms with Crippen molar-refractivity contribution < 1.29 is 31.6 Å². The van der Waals surface area contributed by atoms with Crippen molar-refractivity contribution >= 4 is 22.5 Å². The zero-order valence-corrected chi connectivity index (χ0v) is 24.4. The van der Waals surface area contributed by atoms with E-state index in [9.17, 15) is 22.4 Å². The van der Waals surface area contributed by atoms with Crippen LogP contribution in [0, 0.1) is 0 Å². The lowest BCUT2D eigenvalue weighted by Gasteiger charge is -2.33. The Labute approximate surface area is 250 Å². The van der Waals surface area contributed by atoms with Crippen LogP contribution in [-0.4, -0.2) is 87.0 Å². The molecule has 5 heterocycles. The highest BCUT2D eigenvalue weighted by Gasteiger charge is 2.33. The standard InChI is InChI=1S/C29H34F4N8O3/c1-28(7-10-43-11-8-28)41-15-18(13-35-41)27(42)34-14-25-37-26(38-44-25)24-12-19-21(36-22-6-9-39(2)16-20(22)30)4-3-5-23(19)40(24)17-29(31,32)33/h3-5,12-13,15,20,22,36H,6-11,14,16-17H2,1-2H3,(H,34,42)/t20-,22+/m0/s1. The Bertz CT molecular complexity index is 1620. The first-order valence-corrected chi connectivity index (χ1v) is 14.5. The molecule has 11 nitrogen and oxygen atoms in total. The van der Waals surface area contributed by atoms with E-state index in [2.05, 4.69) is 32.8 Å². The van der Waals surface area contributed by atoms with Crippen LogP contribution in [0.2, 0.25) is 0 Å². The number of hydrogen-bond acceptors (Lipinski definition) is 8. The van der Waals surface area contributed by atoms with Crippen molar-refractivity contribution in [3.8, 4) is 11.5 Å². The van der Waals surface area contributed by atoms with Gasteiger partial charge in [0, 0.05) is 43.6 Å². The molecule has 2 N–H and O–H groups in total. The molecule has 2 aliphatic rings. The summed E-state index contributed by atoms with van der Waals surface area (Å²) in [5, 5.41) is 14.7. The van der Waals surface area contributed by atoms with Crippen LogP contribution in [0.1, 0.15) is 42.4 Å². The molecule has 0 unspecified atom stereocenters. The fourth-order valence-electron chi connectivity index (χ4n) is 5.83. The molecule has 2 atom stereocenters. The van der Waals surface area contributed by atoms with Gasteiger partial charge in [-0.2, -0.15) is 23.3 Å². The van der Waals surface area contributed by atoms with E-state index < -0.39 is 30.8 Å². The van der Waals surface area contributed by atoms with Crippen LogP contribution in [0.5, 0.6) is 0 Å². The predicted octanol–water partition coefficient (Wildman–Crippen LogP) is 4.36. The summed E-state index contributed by atoms with van der Waals surface area (Å²) < 4.78 is 69.5. The van der Waals surface area contributed by atoms with Crippen molar-refractivity contribution in [2.24, 2.45) is 0 Å². The van der Waals surface area contributed by atoms with Gasteiger partial charge in [0.2, 0.25) is 11.7 Å². The van der Waals surface area contributed by atoms with Crippen LogP contribution in [0.4, 0.5) is 23.2 Å². The van der Waals surface area contributed by atoms with Crippen molar-refractivity contribution in [3.05, 3.63) is 48.1 Å². The molecule has 44 heavy (non-hydrogen) atoms. The fourth-order valence-corrected chi connectivity index (χ4v) is 5.83. The number of ether oxygens (including phenoxy) is 1. The SMILES string of the molecule is CN1CC[C@@H](Nc2cccc3c2cc(-c2noc(CNC(=O)c4cnn(C5(C)CCOCC5)c4)n2)n3CC(F)(F)F)[C@@H](F)C1. The first-order chi connectivity index (χ1) is 21.0. The number of nitrogens with zero attached hydrogens (tertiary/aromatic N) is 6. The molecule has 2 fully saturated rings. The van der Waals surface area contributed by atoms with Crippen LogP contribution >= 0.6 is 0 Å². The van der Waals surface area contributed by atoms with Crippen LogP contribution in [0.25, 0.3) is 22.4 Å². The second-order valence-electron chi connectivity index (χ2n) is 11.8. The molecular formula is C29H34F4N8O3. The number of rotatable bonds is 8. The molecule has 0 radical (unpaired) electrons. The summed E-state index contributed by atoms with van der Waals surface area (Å²) >= 11 is 0. The molecule has 236 valence electrons. The number of likely N-dealkylation sites (tertiary alicyclic amines) is 1. The summed E-state index contributed by atoms with van der Waals surface area (Å²) in [5.41, 5.74) is 0.999. The number of carbonyl (C=O) groups is 1. The predicted molar refractivity (Wildman–Crippen MR) is 153 cm³/mol. The van der Waals surface area contributed by atoms with Gasteiger partial charge >= 0.3 is 6.18 Å². The van der Waals surface area contributed by atoms with Gasteiger partial charge in [0.1, 0.15) is 12.7 Å². The Balaban J connectivity index is 1.21. The van der Waals surface area contributed by atoms with Crippen molar-refractivity contribution in [2.75, 3.05) is 38.7 Å². The molecule has 2 aliphatic heterocycles. The van der Waals surface area contributed by atoms with Gasteiger partial charge in [-0.15, -0.1) is 0 Å². The van der Waals surface area contributed by atoms with Crippen LogP contribution in [0.15, 0.2) is 41.2 Å². The number of fused-ring (bicyclic) bond motifs is 1. The molecule has 0 bridgehead atoms. The number of anilines is 1. The summed E-state index contributed by atoms with van der Waals surface area (Å²) in [5.74, 6) is -0.455. The van der Waals surface area contributed by atoms with Gasteiger partial charge in [-0.1, -0.05) is 11.2 Å². The minimum atomic E-state index is -4.53. The van der Waals surface area contributed by atoms with Crippen LogP contribution in [-0.2, 0) is 23.4 Å². The molecule has 1 aromatic carbocycles. The van der Waals surface area contributed by atoms with Crippen molar-refractivity contribution in [1.29, 1.82) is 0 Å². The summed E-state index contributed by atoms with van der Waals surface area (Å²) in [6, 6.07) is 5.99. The molecule has 2 saturated heterocycles. The molecule has 0 saturated carbocycles. The van der Waals surface area contributed by atoms with E-state index in [4.69, 9.17) is 9.26 Å². The molecule has 1 amide bonds. The van der Waals surface area contributed by atoms with E-state index in [1.54, 1.807) is 35.1 Å².